The number of aliphatic imine (C=N–C) groups is 1. The third-order valence-corrected chi connectivity index (χ3v) is 13.6. The highest BCUT2D eigenvalue weighted by Gasteiger charge is 2.33. The van der Waals surface area contributed by atoms with Crippen LogP contribution in [0.1, 0.15) is 79.7 Å². The van der Waals surface area contributed by atoms with Crippen molar-refractivity contribution in [3.8, 4) is 22.2 Å². The number of anilines is 1. The maximum atomic E-state index is 15.7. The van der Waals surface area contributed by atoms with Crippen molar-refractivity contribution in [2.24, 2.45) is 4.99 Å². The number of H-pyrrole nitrogens is 1. The Bertz CT molecular complexity index is 3130. The van der Waals surface area contributed by atoms with Crippen molar-refractivity contribution in [3.63, 3.8) is 0 Å². The summed E-state index contributed by atoms with van der Waals surface area (Å²) < 4.78 is 67.4. The second-order valence-electron chi connectivity index (χ2n) is 14.7. The second kappa shape index (κ2) is 16.4. The lowest BCUT2D eigenvalue weighted by molar-refractivity contribution is -0.141. The summed E-state index contributed by atoms with van der Waals surface area (Å²) in [4.78, 5) is 34.7. The Kier molecular flexibility index (Phi) is 11.1. The largest absolute Gasteiger partial charge is 0.469 e. The van der Waals surface area contributed by atoms with E-state index in [1.54, 1.807) is 47.7 Å². The highest BCUT2D eigenvalue weighted by molar-refractivity contribution is 7.92. The molecule has 7 aromatic rings. The van der Waals surface area contributed by atoms with Crippen LogP contribution in [0, 0.1) is 43.7 Å². The monoisotopic (exact) mass is 872 g/mol. The maximum absolute atomic E-state index is 15.7. The number of hydrogen-bond acceptors (Lipinski definition) is 10. The number of benzene rings is 4. The van der Waals surface area contributed by atoms with Gasteiger partial charge in [0.15, 0.2) is 17.5 Å². The van der Waals surface area contributed by atoms with Crippen molar-refractivity contribution in [2.75, 3.05) is 11.8 Å². The normalized spacial score (nSPS) is 13.5. The molecule has 0 spiro atoms. The number of sulfonamides is 1. The van der Waals surface area contributed by atoms with E-state index >= 15 is 8.78 Å². The van der Waals surface area contributed by atoms with Crippen LogP contribution in [0.15, 0.2) is 88.9 Å². The number of nitrogens with one attached hydrogen (secondary N) is 3. The van der Waals surface area contributed by atoms with Gasteiger partial charge in [-0.15, -0.1) is 21.5 Å². The standard InChI is InChI=1S/C45H38F2N8O5S2/c1-6-27-13-18-34(42-38(27)30(20-48)22-49-42)54-62(58,59)31-14-7-26(8-15-31)21-50-44(57)33-17-16-32(39(46)40(33)47)28-9-11-29(12-10-28)41-37-23(2)24(3)61-45(37)55-25(4)52-53-43(55)35(51-41)19-36(56)60-5/h7-18,22,35,49,54H,6,19,21H2,1-5H3,(H,50,57)/t35-/m0/s1. The van der Waals surface area contributed by atoms with Crippen LogP contribution in [0.3, 0.4) is 0 Å². The number of ether oxygens (including phenoxy) is 1. The number of carbonyl (C=O) groups excluding carboxylic acids is 2. The molecule has 0 unspecified atom stereocenters. The van der Waals surface area contributed by atoms with Crippen LogP contribution in [-0.4, -0.2) is 52.9 Å². The third kappa shape index (κ3) is 7.41. The highest BCUT2D eigenvalue weighted by atomic mass is 32.2. The summed E-state index contributed by atoms with van der Waals surface area (Å²) >= 11 is 1.56. The fourth-order valence-electron chi connectivity index (χ4n) is 7.58. The number of rotatable bonds is 11. The highest BCUT2D eigenvalue weighted by Crippen LogP contribution is 2.40. The number of thiophene rings is 1. The molecule has 3 aromatic heterocycles. The van der Waals surface area contributed by atoms with E-state index in [2.05, 4.69) is 31.3 Å². The molecule has 1 atom stereocenters. The lowest BCUT2D eigenvalue weighted by Crippen LogP contribution is -2.24. The molecule has 8 rings (SSSR count). The Hall–Kier alpha value is -7.03. The van der Waals surface area contributed by atoms with E-state index < -0.39 is 45.1 Å². The minimum absolute atomic E-state index is 0.0455. The molecule has 0 saturated heterocycles. The zero-order valence-corrected chi connectivity index (χ0v) is 35.7. The first-order chi connectivity index (χ1) is 29.7. The molecule has 1 aliphatic rings. The van der Waals surface area contributed by atoms with Gasteiger partial charge in [-0.1, -0.05) is 55.5 Å². The Morgan fingerprint density at radius 3 is 2.39 bits per heavy atom. The van der Waals surface area contributed by atoms with Gasteiger partial charge >= 0.3 is 5.97 Å². The average Bonchev–Trinajstić information content (AvgIpc) is 3.94. The molecule has 0 radical (unpaired) electrons. The molecule has 0 fully saturated rings. The summed E-state index contributed by atoms with van der Waals surface area (Å²) in [5.74, 6) is -2.71. The van der Waals surface area contributed by atoms with Gasteiger partial charge < -0.3 is 15.0 Å². The molecule has 0 aliphatic carbocycles. The number of nitrogens with zero attached hydrogens (tertiary/aromatic N) is 5. The van der Waals surface area contributed by atoms with Gasteiger partial charge in [0.25, 0.3) is 15.9 Å². The Balaban J connectivity index is 0.980. The van der Waals surface area contributed by atoms with Crippen LogP contribution >= 0.6 is 11.3 Å². The molecular formula is C45H38F2N8O5S2. The molecule has 0 saturated carbocycles. The van der Waals surface area contributed by atoms with Gasteiger partial charge in [-0.25, -0.2) is 17.2 Å². The van der Waals surface area contributed by atoms with E-state index in [9.17, 15) is 23.3 Å². The molecule has 314 valence electrons. The number of aryl methyl sites for hydroxylation is 3. The molecule has 4 heterocycles. The van der Waals surface area contributed by atoms with Crippen molar-refractivity contribution in [3.05, 3.63) is 146 Å². The van der Waals surface area contributed by atoms with Crippen LogP contribution in [0.2, 0.25) is 0 Å². The Morgan fingerprint density at radius 1 is 0.968 bits per heavy atom. The van der Waals surface area contributed by atoms with Crippen molar-refractivity contribution in [2.45, 2.75) is 58.0 Å². The number of methoxy groups -OCH3 is 1. The van der Waals surface area contributed by atoms with Crippen LogP contribution in [0.25, 0.3) is 27.0 Å². The van der Waals surface area contributed by atoms with Crippen LogP contribution in [0.5, 0.6) is 0 Å². The van der Waals surface area contributed by atoms with Gasteiger partial charge in [0.2, 0.25) is 0 Å². The number of esters is 1. The number of hydrogen-bond donors (Lipinski definition) is 3. The smallest absolute Gasteiger partial charge is 0.308 e. The molecule has 62 heavy (non-hydrogen) atoms. The van der Waals surface area contributed by atoms with Gasteiger partial charge in [-0.3, -0.25) is 23.9 Å². The Morgan fingerprint density at radius 2 is 1.69 bits per heavy atom. The molecule has 3 N–H and O–H groups in total. The predicted octanol–water partition coefficient (Wildman–Crippen LogP) is 8.30. The van der Waals surface area contributed by atoms with E-state index in [1.165, 1.54) is 49.7 Å². The number of carbonyl (C=O) groups is 2. The van der Waals surface area contributed by atoms with Crippen molar-refractivity contribution in [1.29, 1.82) is 5.26 Å². The van der Waals surface area contributed by atoms with E-state index in [0.29, 0.717) is 56.9 Å². The minimum Gasteiger partial charge on any atom is -0.469 e. The van der Waals surface area contributed by atoms with Gasteiger partial charge in [0.05, 0.1) is 46.5 Å². The van der Waals surface area contributed by atoms with Crippen LogP contribution in [0.4, 0.5) is 14.5 Å². The molecule has 17 heteroatoms. The second-order valence-corrected chi connectivity index (χ2v) is 17.6. The average molecular weight is 873 g/mol. The molecule has 0 bridgehead atoms. The van der Waals surface area contributed by atoms with E-state index in [1.807, 2.05) is 32.3 Å². The fraction of sp³-hybridized carbons (Fsp3) is 0.200. The molecule has 1 amide bonds. The van der Waals surface area contributed by atoms with Gasteiger partial charge in [-0.2, -0.15) is 5.26 Å². The minimum atomic E-state index is -4.05. The summed E-state index contributed by atoms with van der Waals surface area (Å²) in [5.41, 5.74) is 5.53. The summed E-state index contributed by atoms with van der Waals surface area (Å²) in [6, 6.07) is 19.9. The van der Waals surface area contributed by atoms with Gasteiger partial charge in [0, 0.05) is 39.7 Å². The number of nitriles is 1. The Labute approximate surface area is 359 Å². The number of fused-ring (bicyclic) bond motifs is 4. The zero-order valence-electron chi connectivity index (χ0n) is 34.1. The lowest BCUT2D eigenvalue weighted by atomic mass is 9.96. The van der Waals surface area contributed by atoms with Crippen LogP contribution < -0.4 is 10.0 Å². The first kappa shape index (κ1) is 41.7. The van der Waals surface area contributed by atoms with E-state index in [0.717, 1.165) is 26.6 Å². The van der Waals surface area contributed by atoms with E-state index in [-0.39, 0.29) is 29.1 Å². The summed E-state index contributed by atoms with van der Waals surface area (Å²) in [7, 11) is -2.74. The first-order valence-electron chi connectivity index (χ1n) is 19.4. The lowest BCUT2D eigenvalue weighted by Gasteiger charge is -2.13. The third-order valence-electron chi connectivity index (χ3n) is 11.0. The van der Waals surface area contributed by atoms with Crippen LogP contribution in [-0.2, 0) is 32.5 Å². The predicted molar refractivity (Wildman–Crippen MR) is 231 cm³/mol. The summed E-state index contributed by atoms with van der Waals surface area (Å²) in [5, 5.41) is 22.3. The molecule has 1 aliphatic heterocycles. The first-order valence-corrected chi connectivity index (χ1v) is 21.7. The number of halogens is 2. The molecule has 4 aromatic carbocycles. The van der Waals surface area contributed by atoms with Gasteiger partial charge in [-0.05, 0) is 73.7 Å². The maximum Gasteiger partial charge on any atom is 0.308 e. The van der Waals surface area contributed by atoms with Crippen molar-refractivity contribution < 1.29 is 31.5 Å². The molecule has 13 nitrogen and oxygen atoms in total. The SMILES string of the molecule is CCc1ccc(NS(=O)(=O)c2ccc(CNC(=O)c3ccc(-c4ccc(C5=N[C@@H](CC(=O)OC)c6nnc(C)n6-c6sc(C)c(C)c65)cc4)c(F)c3F)cc2)c2[nH]cc(C#N)c12. The number of aromatic amines is 1. The molecular weight excluding hydrogens is 835 g/mol. The summed E-state index contributed by atoms with van der Waals surface area (Å²) in [6.07, 6.45) is 2.12. The van der Waals surface area contributed by atoms with Crippen molar-refractivity contribution >= 4 is 55.5 Å². The number of aromatic nitrogens is 4. The van der Waals surface area contributed by atoms with Crippen molar-refractivity contribution in [1.82, 2.24) is 25.1 Å². The summed E-state index contributed by atoms with van der Waals surface area (Å²) in [6.45, 7) is 7.69. The zero-order chi connectivity index (χ0) is 44.0. The quantitative estimate of drug-likeness (QED) is 0.108. The number of amides is 1. The van der Waals surface area contributed by atoms with Gasteiger partial charge in [0.1, 0.15) is 22.9 Å². The van der Waals surface area contributed by atoms with E-state index in [4.69, 9.17) is 9.73 Å². The topological polar surface area (TPSA) is 184 Å². The fourth-order valence-corrected chi connectivity index (χ4v) is 9.86.